The van der Waals surface area contributed by atoms with Crippen molar-refractivity contribution >= 4 is 11.6 Å². The molecule has 0 aliphatic carbocycles. The predicted molar refractivity (Wildman–Crippen MR) is 88.8 cm³/mol. The van der Waals surface area contributed by atoms with E-state index in [1.807, 2.05) is 50.2 Å². The molecule has 0 saturated heterocycles. The minimum atomic E-state index is -0.107. The van der Waals surface area contributed by atoms with Crippen LogP contribution in [0.5, 0.6) is 5.75 Å². The van der Waals surface area contributed by atoms with Gasteiger partial charge in [0.15, 0.2) is 0 Å². The van der Waals surface area contributed by atoms with E-state index in [9.17, 15) is 4.79 Å². The summed E-state index contributed by atoms with van der Waals surface area (Å²) in [6.45, 7) is 9.00. The van der Waals surface area contributed by atoms with Crippen molar-refractivity contribution in [1.29, 1.82) is 0 Å². The zero-order valence-corrected chi connectivity index (χ0v) is 13.5. The summed E-state index contributed by atoms with van der Waals surface area (Å²) in [5.74, 6) is 0.712. The van der Waals surface area contributed by atoms with Crippen LogP contribution in [-0.2, 0) is 5.41 Å². The maximum atomic E-state index is 12.5. The molecule has 0 unspecified atom stereocenters. The van der Waals surface area contributed by atoms with Crippen molar-refractivity contribution in [2.45, 2.75) is 33.1 Å². The molecular weight excluding hydrogens is 274 g/mol. The topological polar surface area (TPSA) is 38.3 Å². The van der Waals surface area contributed by atoms with Crippen LogP contribution in [0.15, 0.2) is 36.4 Å². The first kappa shape index (κ1) is 14.6. The molecule has 0 spiro atoms. The van der Waals surface area contributed by atoms with Crippen LogP contribution in [0.2, 0.25) is 0 Å². The number of aryl methyl sites for hydroxylation is 1. The Bertz CT molecular complexity index is 747. The molecule has 2 aromatic carbocycles. The second-order valence-corrected chi connectivity index (χ2v) is 6.59. The van der Waals surface area contributed by atoms with E-state index in [1.165, 1.54) is 0 Å². The van der Waals surface area contributed by atoms with Gasteiger partial charge in [-0.2, -0.15) is 0 Å². The standard InChI is InChI=1S/C19H21NO2/c1-12-6-5-7-16(13(12)2)20-18(21)14-8-9-15-17(10-14)22-11-19(15,3)4/h5-10H,11H2,1-4H3,(H,20,21). The van der Waals surface area contributed by atoms with Crippen molar-refractivity contribution in [3.05, 3.63) is 58.7 Å². The predicted octanol–water partition coefficient (Wildman–Crippen LogP) is 4.23. The number of hydrogen-bond acceptors (Lipinski definition) is 2. The van der Waals surface area contributed by atoms with Gasteiger partial charge in [0.25, 0.3) is 5.91 Å². The SMILES string of the molecule is Cc1cccc(NC(=O)c2ccc3c(c2)OCC3(C)C)c1C. The van der Waals surface area contributed by atoms with Gasteiger partial charge in [-0.3, -0.25) is 4.79 Å². The number of ether oxygens (including phenoxy) is 1. The number of carbonyl (C=O) groups is 1. The second-order valence-electron chi connectivity index (χ2n) is 6.59. The highest BCUT2D eigenvalue weighted by molar-refractivity contribution is 6.05. The first-order valence-corrected chi connectivity index (χ1v) is 7.53. The molecule has 0 radical (unpaired) electrons. The first-order chi connectivity index (χ1) is 10.4. The van der Waals surface area contributed by atoms with Crippen molar-refractivity contribution in [2.75, 3.05) is 11.9 Å². The zero-order chi connectivity index (χ0) is 15.9. The molecule has 0 saturated carbocycles. The molecule has 0 aromatic heterocycles. The van der Waals surface area contributed by atoms with Crippen molar-refractivity contribution in [3.63, 3.8) is 0 Å². The van der Waals surface area contributed by atoms with Crippen LogP contribution in [0.4, 0.5) is 5.69 Å². The monoisotopic (exact) mass is 295 g/mol. The van der Waals surface area contributed by atoms with Crippen LogP contribution in [0, 0.1) is 13.8 Å². The van der Waals surface area contributed by atoms with Crippen LogP contribution in [0.25, 0.3) is 0 Å². The second kappa shape index (κ2) is 5.16. The number of anilines is 1. The van der Waals surface area contributed by atoms with Gasteiger partial charge < -0.3 is 10.1 Å². The highest BCUT2D eigenvalue weighted by Gasteiger charge is 2.32. The molecule has 1 aliphatic rings. The molecular formula is C19H21NO2. The van der Waals surface area contributed by atoms with Crippen LogP contribution in [-0.4, -0.2) is 12.5 Å². The third-order valence-corrected chi connectivity index (χ3v) is 4.41. The number of rotatable bonds is 2. The van der Waals surface area contributed by atoms with Crippen LogP contribution < -0.4 is 10.1 Å². The summed E-state index contributed by atoms with van der Waals surface area (Å²) in [6.07, 6.45) is 0. The Balaban J connectivity index is 1.86. The van der Waals surface area contributed by atoms with Crippen LogP contribution in [0.3, 0.4) is 0 Å². The van der Waals surface area contributed by atoms with Gasteiger partial charge in [-0.05, 0) is 43.2 Å². The molecule has 0 atom stereocenters. The normalized spacial score (nSPS) is 15.1. The number of carbonyl (C=O) groups excluding carboxylic acids is 1. The summed E-state index contributed by atoms with van der Waals surface area (Å²) in [6, 6.07) is 11.6. The summed E-state index contributed by atoms with van der Waals surface area (Å²) in [5, 5.41) is 2.98. The lowest BCUT2D eigenvalue weighted by atomic mass is 9.86. The summed E-state index contributed by atoms with van der Waals surface area (Å²) in [7, 11) is 0. The van der Waals surface area contributed by atoms with E-state index in [0.717, 1.165) is 28.1 Å². The quantitative estimate of drug-likeness (QED) is 0.900. The minimum absolute atomic E-state index is 0.0114. The van der Waals surface area contributed by atoms with Gasteiger partial charge in [0, 0.05) is 22.2 Å². The Labute approximate surface area is 131 Å². The average molecular weight is 295 g/mol. The maximum absolute atomic E-state index is 12.5. The van der Waals surface area contributed by atoms with Gasteiger partial charge in [-0.1, -0.05) is 32.0 Å². The van der Waals surface area contributed by atoms with E-state index in [4.69, 9.17) is 4.74 Å². The van der Waals surface area contributed by atoms with E-state index in [0.29, 0.717) is 12.2 Å². The Morgan fingerprint density at radius 2 is 1.95 bits per heavy atom. The van der Waals surface area contributed by atoms with Crippen molar-refractivity contribution in [3.8, 4) is 5.75 Å². The lowest BCUT2D eigenvalue weighted by Gasteiger charge is -2.15. The van der Waals surface area contributed by atoms with Crippen molar-refractivity contribution in [2.24, 2.45) is 0 Å². The Kier molecular flexibility index (Phi) is 3.44. The van der Waals surface area contributed by atoms with E-state index in [2.05, 4.69) is 19.2 Å². The summed E-state index contributed by atoms with van der Waals surface area (Å²) in [4.78, 5) is 12.5. The lowest BCUT2D eigenvalue weighted by molar-refractivity contribution is 0.102. The smallest absolute Gasteiger partial charge is 0.255 e. The van der Waals surface area contributed by atoms with Crippen molar-refractivity contribution < 1.29 is 9.53 Å². The molecule has 1 N–H and O–H groups in total. The fourth-order valence-electron chi connectivity index (χ4n) is 2.76. The fourth-order valence-corrected chi connectivity index (χ4v) is 2.76. The molecule has 0 fully saturated rings. The molecule has 3 nitrogen and oxygen atoms in total. The molecule has 3 rings (SSSR count). The van der Waals surface area contributed by atoms with E-state index in [1.54, 1.807) is 0 Å². The van der Waals surface area contributed by atoms with E-state index < -0.39 is 0 Å². The van der Waals surface area contributed by atoms with Crippen LogP contribution >= 0.6 is 0 Å². The summed E-state index contributed by atoms with van der Waals surface area (Å²) >= 11 is 0. The van der Waals surface area contributed by atoms with Gasteiger partial charge in [-0.25, -0.2) is 0 Å². The highest BCUT2D eigenvalue weighted by Crippen LogP contribution is 2.38. The molecule has 1 amide bonds. The largest absolute Gasteiger partial charge is 0.492 e. The molecule has 0 bridgehead atoms. The lowest BCUT2D eigenvalue weighted by Crippen LogP contribution is -2.18. The zero-order valence-electron chi connectivity index (χ0n) is 13.5. The minimum Gasteiger partial charge on any atom is -0.492 e. The van der Waals surface area contributed by atoms with E-state index in [-0.39, 0.29) is 11.3 Å². The summed E-state index contributed by atoms with van der Waals surface area (Å²) in [5.41, 5.74) is 4.91. The molecule has 3 heteroatoms. The van der Waals surface area contributed by atoms with Crippen molar-refractivity contribution in [1.82, 2.24) is 0 Å². The van der Waals surface area contributed by atoms with Crippen LogP contribution in [0.1, 0.15) is 40.9 Å². The number of fused-ring (bicyclic) bond motifs is 1. The third-order valence-electron chi connectivity index (χ3n) is 4.41. The molecule has 2 aromatic rings. The number of amides is 1. The third kappa shape index (κ3) is 2.47. The number of benzene rings is 2. The van der Waals surface area contributed by atoms with Gasteiger partial charge in [0.2, 0.25) is 0 Å². The van der Waals surface area contributed by atoms with E-state index >= 15 is 0 Å². The van der Waals surface area contributed by atoms with Gasteiger partial charge in [0.1, 0.15) is 5.75 Å². The maximum Gasteiger partial charge on any atom is 0.255 e. The first-order valence-electron chi connectivity index (χ1n) is 7.53. The summed E-state index contributed by atoms with van der Waals surface area (Å²) < 4.78 is 5.72. The highest BCUT2D eigenvalue weighted by atomic mass is 16.5. The molecule has 114 valence electrons. The molecule has 1 aliphatic heterocycles. The molecule has 22 heavy (non-hydrogen) atoms. The fraction of sp³-hybridized carbons (Fsp3) is 0.316. The number of hydrogen-bond donors (Lipinski definition) is 1. The van der Waals surface area contributed by atoms with Gasteiger partial charge in [0.05, 0.1) is 6.61 Å². The Hall–Kier alpha value is -2.29. The Morgan fingerprint density at radius 1 is 1.18 bits per heavy atom. The van der Waals surface area contributed by atoms with Gasteiger partial charge >= 0.3 is 0 Å². The van der Waals surface area contributed by atoms with Gasteiger partial charge in [-0.15, -0.1) is 0 Å². The molecule has 1 heterocycles. The number of nitrogens with one attached hydrogen (secondary N) is 1. The Morgan fingerprint density at radius 3 is 2.73 bits per heavy atom. The average Bonchev–Trinajstić information content (AvgIpc) is 2.79.